The van der Waals surface area contributed by atoms with Crippen molar-refractivity contribution in [2.75, 3.05) is 5.32 Å². The van der Waals surface area contributed by atoms with Crippen LogP contribution in [0.4, 0.5) is 5.82 Å². The minimum Gasteiger partial charge on any atom is -0.325 e. The summed E-state index contributed by atoms with van der Waals surface area (Å²) >= 11 is 1.37. The normalized spacial score (nSPS) is 10.1. The van der Waals surface area contributed by atoms with E-state index in [2.05, 4.69) is 15.3 Å². The summed E-state index contributed by atoms with van der Waals surface area (Å²) in [4.78, 5) is 19.8. The SMILES string of the molecule is NCc1nc(C(=O)Nc2ccccn2)cs1. The molecule has 1 amide bonds. The summed E-state index contributed by atoms with van der Waals surface area (Å²) in [5.41, 5.74) is 5.79. The van der Waals surface area contributed by atoms with Crippen LogP contribution >= 0.6 is 11.3 Å². The number of carbonyl (C=O) groups excluding carboxylic acids is 1. The molecule has 0 aliphatic carbocycles. The highest BCUT2D eigenvalue weighted by Crippen LogP contribution is 2.10. The first-order chi connectivity index (χ1) is 7.79. The summed E-state index contributed by atoms with van der Waals surface area (Å²) < 4.78 is 0. The number of thiazole rings is 1. The number of nitrogens with zero attached hydrogens (tertiary/aromatic N) is 2. The molecular weight excluding hydrogens is 224 g/mol. The molecule has 16 heavy (non-hydrogen) atoms. The Morgan fingerprint density at radius 1 is 1.50 bits per heavy atom. The zero-order valence-corrected chi connectivity index (χ0v) is 9.20. The first-order valence-corrected chi connectivity index (χ1v) is 5.54. The van der Waals surface area contributed by atoms with Gasteiger partial charge in [0.1, 0.15) is 16.5 Å². The van der Waals surface area contributed by atoms with Crippen LogP contribution in [0.15, 0.2) is 29.8 Å². The zero-order valence-electron chi connectivity index (χ0n) is 8.38. The Kier molecular flexibility index (Phi) is 3.23. The molecule has 0 bridgehead atoms. The molecule has 2 aromatic heterocycles. The molecule has 0 saturated heterocycles. The summed E-state index contributed by atoms with van der Waals surface area (Å²) in [5, 5.41) is 5.07. The highest BCUT2D eigenvalue weighted by atomic mass is 32.1. The molecular formula is C10H10N4OS. The third-order valence-corrected chi connectivity index (χ3v) is 2.74. The van der Waals surface area contributed by atoms with Gasteiger partial charge in [0.25, 0.3) is 5.91 Å². The third-order valence-electron chi connectivity index (χ3n) is 1.87. The second-order valence-electron chi connectivity index (χ2n) is 3.00. The fourth-order valence-electron chi connectivity index (χ4n) is 1.13. The van der Waals surface area contributed by atoms with Gasteiger partial charge >= 0.3 is 0 Å². The fraction of sp³-hybridized carbons (Fsp3) is 0.100. The average molecular weight is 234 g/mol. The summed E-state index contributed by atoms with van der Waals surface area (Å²) in [6, 6.07) is 5.30. The van der Waals surface area contributed by atoms with Crippen molar-refractivity contribution in [1.82, 2.24) is 9.97 Å². The van der Waals surface area contributed by atoms with Crippen molar-refractivity contribution in [2.45, 2.75) is 6.54 Å². The first-order valence-electron chi connectivity index (χ1n) is 4.66. The summed E-state index contributed by atoms with van der Waals surface area (Å²) in [5.74, 6) is 0.240. The van der Waals surface area contributed by atoms with Crippen LogP contribution in [0, 0.1) is 0 Å². The van der Waals surface area contributed by atoms with E-state index in [1.807, 2.05) is 0 Å². The Morgan fingerprint density at radius 2 is 2.38 bits per heavy atom. The quantitative estimate of drug-likeness (QED) is 0.837. The number of pyridine rings is 1. The number of hydrogen-bond acceptors (Lipinski definition) is 5. The van der Waals surface area contributed by atoms with Gasteiger partial charge in [-0.15, -0.1) is 11.3 Å². The van der Waals surface area contributed by atoms with Gasteiger partial charge in [-0.05, 0) is 12.1 Å². The predicted molar refractivity (Wildman–Crippen MR) is 62.2 cm³/mol. The lowest BCUT2D eigenvalue weighted by Crippen LogP contribution is -2.13. The smallest absolute Gasteiger partial charge is 0.276 e. The topological polar surface area (TPSA) is 80.9 Å². The molecule has 0 unspecified atom stereocenters. The van der Waals surface area contributed by atoms with Crippen LogP contribution in [0.5, 0.6) is 0 Å². The van der Waals surface area contributed by atoms with E-state index in [4.69, 9.17) is 5.73 Å². The predicted octanol–water partition coefficient (Wildman–Crippen LogP) is 1.25. The van der Waals surface area contributed by atoms with Crippen LogP contribution in [-0.2, 0) is 6.54 Å². The van der Waals surface area contributed by atoms with Gasteiger partial charge in [0.05, 0.1) is 0 Å². The minimum absolute atomic E-state index is 0.269. The van der Waals surface area contributed by atoms with E-state index in [-0.39, 0.29) is 5.91 Å². The van der Waals surface area contributed by atoms with Gasteiger partial charge in [0, 0.05) is 18.1 Å². The van der Waals surface area contributed by atoms with Gasteiger partial charge < -0.3 is 11.1 Å². The molecule has 2 aromatic rings. The van der Waals surface area contributed by atoms with E-state index in [1.165, 1.54) is 11.3 Å². The highest BCUT2D eigenvalue weighted by molar-refractivity contribution is 7.09. The minimum atomic E-state index is -0.269. The van der Waals surface area contributed by atoms with Gasteiger partial charge in [-0.1, -0.05) is 6.07 Å². The first kappa shape index (κ1) is 10.7. The maximum atomic E-state index is 11.7. The Balaban J connectivity index is 2.09. The maximum absolute atomic E-state index is 11.7. The molecule has 0 radical (unpaired) electrons. The molecule has 0 spiro atoms. The number of rotatable bonds is 3. The van der Waals surface area contributed by atoms with E-state index in [0.29, 0.717) is 18.1 Å². The van der Waals surface area contributed by atoms with Crippen LogP contribution < -0.4 is 11.1 Å². The van der Waals surface area contributed by atoms with Crippen molar-refractivity contribution in [2.24, 2.45) is 5.73 Å². The molecule has 2 heterocycles. The lowest BCUT2D eigenvalue weighted by molar-refractivity contribution is 0.102. The molecule has 3 N–H and O–H groups in total. The van der Waals surface area contributed by atoms with E-state index >= 15 is 0 Å². The lowest BCUT2D eigenvalue weighted by atomic mass is 10.4. The number of anilines is 1. The number of nitrogens with one attached hydrogen (secondary N) is 1. The van der Waals surface area contributed by atoms with Crippen molar-refractivity contribution >= 4 is 23.1 Å². The number of hydrogen-bond donors (Lipinski definition) is 2. The van der Waals surface area contributed by atoms with E-state index in [9.17, 15) is 4.79 Å². The molecule has 0 aromatic carbocycles. The molecule has 0 atom stereocenters. The van der Waals surface area contributed by atoms with Gasteiger partial charge in [0.2, 0.25) is 0 Å². The van der Waals surface area contributed by atoms with Crippen molar-refractivity contribution in [3.8, 4) is 0 Å². The van der Waals surface area contributed by atoms with Crippen LogP contribution in [-0.4, -0.2) is 15.9 Å². The largest absolute Gasteiger partial charge is 0.325 e. The molecule has 0 aliphatic rings. The van der Waals surface area contributed by atoms with Gasteiger partial charge in [-0.2, -0.15) is 0 Å². The average Bonchev–Trinajstić information content (AvgIpc) is 2.79. The highest BCUT2D eigenvalue weighted by Gasteiger charge is 2.10. The van der Waals surface area contributed by atoms with Crippen LogP contribution in [0.1, 0.15) is 15.5 Å². The molecule has 0 aliphatic heterocycles. The van der Waals surface area contributed by atoms with Crippen LogP contribution in [0.25, 0.3) is 0 Å². The van der Waals surface area contributed by atoms with E-state index < -0.39 is 0 Å². The van der Waals surface area contributed by atoms with Gasteiger partial charge in [-0.25, -0.2) is 9.97 Å². The molecule has 0 fully saturated rings. The van der Waals surface area contributed by atoms with Crippen LogP contribution in [0.2, 0.25) is 0 Å². The molecule has 2 rings (SSSR count). The number of nitrogens with two attached hydrogens (primary N) is 1. The summed E-state index contributed by atoms with van der Waals surface area (Å²) in [6.07, 6.45) is 1.61. The van der Waals surface area contributed by atoms with Gasteiger partial charge in [0.15, 0.2) is 0 Å². The summed E-state index contributed by atoms with van der Waals surface area (Å²) in [6.45, 7) is 0.349. The Hall–Kier alpha value is -1.79. The second-order valence-corrected chi connectivity index (χ2v) is 3.94. The van der Waals surface area contributed by atoms with Crippen molar-refractivity contribution in [3.05, 3.63) is 40.5 Å². The Bertz CT molecular complexity index is 483. The van der Waals surface area contributed by atoms with Crippen molar-refractivity contribution in [1.29, 1.82) is 0 Å². The lowest BCUT2D eigenvalue weighted by Gasteiger charge is -2.00. The molecule has 0 saturated carbocycles. The van der Waals surface area contributed by atoms with Crippen molar-refractivity contribution in [3.63, 3.8) is 0 Å². The number of aromatic nitrogens is 2. The fourth-order valence-corrected chi connectivity index (χ4v) is 1.78. The molecule has 6 heteroatoms. The Morgan fingerprint density at radius 3 is 3.00 bits per heavy atom. The third kappa shape index (κ3) is 2.41. The second kappa shape index (κ2) is 4.82. The van der Waals surface area contributed by atoms with E-state index in [1.54, 1.807) is 29.8 Å². The van der Waals surface area contributed by atoms with E-state index in [0.717, 1.165) is 5.01 Å². The standard InChI is InChI=1S/C10H10N4OS/c11-5-9-13-7(6-16-9)10(15)14-8-3-1-2-4-12-8/h1-4,6H,5,11H2,(H,12,14,15). The van der Waals surface area contributed by atoms with Crippen LogP contribution in [0.3, 0.4) is 0 Å². The number of carbonyl (C=O) groups is 1. The summed E-state index contributed by atoms with van der Waals surface area (Å²) in [7, 11) is 0. The monoisotopic (exact) mass is 234 g/mol. The van der Waals surface area contributed by atoms with Crippen molar-refractivity contribution < 1.29 is 4.79 Å². The van der Waals surface area contributed by atoms with Gasteiger partial charge in [-0.3, -0.25) is 4.79 Å². The zero-order chi connectivity index (χ0) is 11.4. The maximum Gasteiger partial charge on any atom is 0.276 e. The Labute approximate surface area is 96.3 Å². The molecule has 82 valence electrons. The number of amides is 1. The molecule has 5 nitrogen and oxygen atoms in total.